The van der Waals surface area contributed by atoms with Gasteiger partial charge in [-0.25, -0.2) is 4.98 Å². The Hall–Kier alpha value is -2.89. The highest BCUT2D eigenvalue weighted by Gasteiger charge is 2.44. The first-order chi connectivity index (χ1) is 13.6. The van der Waals surface area contributed by atoms with Gasteiger partial charge in [-0.15, -0.1) is 10.2 Å². The second-order valence-corrected chi connectivity index (χ2v) is 6.55. The second kappa shape index (κ2) is 6.87. The predicted octanol–water partition coefficient (Wildman–Crippen LogP) is 3.74. The number of hydrogen-bond acceptors (Lipinski definition) is 6. The van der Waals surface area contributed by atoms with Gasteiger partial charge in [0.2, 0.25) is 11.7 Å². The van der Waals surface area contributed by atoms with Crippen molar-refractivity contribution in [1.29, 1.82) is 0 Å². The lowest BCUT2D eigenvalue weighted by atomic mass is 10.2. The molecular weight excluding hydrogens is 401 g/mol. The van der Waals surface area contributed by atoms with Crippen LogP contribution in [0.25, 0.3) is 16.9 Å². The fraction of sp³-hybridized carbons (Fsp3) is 0.412. The molecule has 1 atom stereocenters. The maximum Gasteiger partial charge on any atom is 0.425 e. The van der Waals surface area contributed by atoms with E-state index in [9.17, 15) is 22.0 Å². The summed E-state index contributed by atoms with van der Waals surface area (Å²) < 4.78 is 76.9. The monoisotopic (exact) mass is 415 g/mol. The van der Waals surface area contributed by atoms with Crippen molar-refractivity contribution in [1.82, 2.24) is 24.6 Å². The van der Waals surface area contributed by atoms with E-state index >= 15 is 0 Å². The van der Waals surface area contributed by atoms with Gasteiger partial charge in [-0.3, -0.25) is 9.38 Å². The fourth-order valence-corrected chi connectivity index (χ4v) is 2.45. The summed E-state index contributed by atoms with van der Waals surface area (Å²) in [6, 6.07) is 2.66. The van der Waals surface area contributed by atoms with Gasteiger partial charge in [0.1, 0.15) is 0 Å². The highest BCUT2D eigenvalue weighted by Crippen LogP contribution is 2.37. The Morgan fingerprint density at radius 1 is 1.07 bits per heavy atom. The largest absolute Gasteiger partial charge is 0.465 e. The zero-order valence-corrected chi connectivity index (χ0v) is 14.9. The third kappa shape index (κ3) is 4.11. The minimum absolute atomic E-state index is 0.0923. The second-order valence-electron chi connectivity index (χ2n) is 6.55. The van der Waals surface area contributed by atoms with Crippen molar-refractivity contribution in [2.75, 3.05) is 0 Å². The Kier molecular flexibility index (Phi) is 4.60. The van der Waals surface area contributed by atoms with Crippen molar-refractivity contribution in [3.8, 4) is 17.1 Å². The smallest absolute Gasteiger partial charge is 0.425 e. The molecule has 1 aliphatic carbocycles. The van der Waals surface area contributed by atoms with Gasteiger partial charge in [0.25, 0.3) is 0 Å². The van der Waals surface area contributed by atoms with Crippen molar-refractivity contribution in [3.63, 3.8) is 0 Å². The quantitative estimate of drug-likeness (QED) is 0.571. The summed E-state index contributed by atoms with van der Waals surface area (Å²) in [7, 11) is 0. The molecule has 0 bridgehead atoms. The Labute approximate surface area is 160 Å². The third-order valence-electron chi connectivity index (χ3n) is 4.18. The summed E-state index contributed by atoms with van der Waals surface area (Å²) in [5.74, 6) is -0.913. The number of hydrogen-bond donors (Lipinski definition) is 0. The van der Waals surface area contributed by atoms with E-state index in [1.807, 2.05) is 0 Å². The average molecular weight is 415 g/mol. The normalized spacial score (nSPS) is 16.2. The summed E-state index contributed by atoms with van der Waals surface area (Å²) in [5, 5.41) is 7.17. The molecule has 0 N–H and O–H groups in total. The van der Waals surface area contributed by atoms with Crippen LogP contribution in [0.1, 0.15) is 25.6 Å². The maximum absolute atomic E-state index is 14.3. The number of aromatic nitrogens is 5. The summed E-state index contributed by atoms with van der Waals surface area (Å²) >= 11 is 0. The van der Waals surface area contributed by atoms with Crippen molar-refractivity contribution >= 4 is 5.65 Å². The van der Waals surface area contributed by atoms with Gasteiger partial charge >= 0.3 is 12.3 Å². The van der Waals surface area contributed by atoms with Gasteiger partial charge in [0, 0.05) is 24.0 Å². The highest BCUT2D eigenvalue weighted by atomic mass is 19.4. The Morgan fingerprint density at radius 2 is 1.83 bits per heavy atom. The molecule has 12 heteroatoms. The molecular formula is C17H14F5N5O2. The zero-order chi connectivity index (χ0) is 20.8. The number of pyridine rings is 1. The lowest BCUT2D eigenvalue weighted by Crippen LogP contribution is -2.31. The molecule has 0 aliphatic heterocycles. The number of alkyl halides is 5. The van der Waals surface area contributed by atoms with Crippen LogP contribution in [-0.2, 0) is 10.8 Å². The van der Waals surface area contributed by atoms with E-state index in [4.69, 9.17) is 9.47 Å². The van der Waals surface area contributed by atoms with Crippen LogP contribution < -0.4 is 4.74 Å². The lowest BCUT2D eigenvalue weighted by molar-refractivity contribution is -0.261. The molecule has 1 saturated carbocycles. The Bertz CT molecular complexity index is 1020. The van der Waals surface area contributed by atoms with E-state index in [2.05, 4.69) is 20.2 Å². The van der Waals surface area contributed by atoms with E-state index in [-0.39, 0.29) is 17.2 Å². The molecule has 154 valence electrons. The topological polar surface area (TPSA) is 74.4 Å². The fourth-order valence-electron chi connectivity index (χ4n) is 2.45. The summed E-state index contributed by atoms with van der Waals surface area (Å²) in [6.45, 7) is 0.864. The van der Waals surface area contributed by atoms with Crippen LogP contribution in [0.4, 0.5) is 22.0 Å². The Balaban J connectivity index is 1.60. The summed E-state index contributed by atoms with van der Waals surface area (Å²) in [6.07, 6.45) is -5.79. The summed E-state index contributed by atoms with van der Waals surface area (Å²) in [4.78, 5) is 7.93. The lowest BCUT2D eigenvalue weighted by Gasteiger charge is -2.16. The minimum atomic E-state index is -4.52. The third-order valence-corrected chi connectivity index (χ3v) is 4.18. The maximum atomic E-state index is 14.3. The first kappa shape index (κ1) is 19.4. The van der Waals surface area contributed by atoms with E-state index in [1.54, 1.807) is 0 Å². The first-order valence-electron chi connectivity index (χ1n) is 8.60. The SMILES string of the molecule is C[C@@H](Oc1ccc(-c2cn3c(C(F)(F)OC4CC4)nnc3cn2)cn1)C(F)(F)F. The number of nitrogens with zero attached hydrogens (tertiary/aromatic N) is 5. The molecule has 7 nitrogen and oxygen atoms in total. The van der Waals surface area contributed by atoms with Crippen molar-refractivity contribution in [2.24, 2.45) is 0 Å². The van der Waals surface area contributed by atoms with E-state index in [0.29, 0.717) is 18.4 Å². The molecule has 3 heterocycles. The van der Waals surface area contributed by atoms with Crippen LogP contribution in [0.5, 0.6) is 5.88 Å². The number of fused-ring (bicyclic) bond motifs is 1. The molecule has 1 fully saturated rings. The predicted molar refractivity (Wildman–Crippen MR) is 88.2 cm³/mol. The molecule has 0 radical (unpaired) electrons. The van der Waals surface area contributed by atoms with E-state index in [0.717, 1.165) is 11.3 Å². The molecule has 0 amide bonds. The molecule has 1 aliphatic rings. The van der Waals surface area contributed by atoms with Crippen LogP contribution in [0, 0.1) is 0 Å². The van der Waals surface area contributed by atoms with Crippen molar-refractivity contribution in [2.45, 2.75) is 44.3 Å². The van der Waals surface area contributed by atoms with Crippen molar-refractivity contribution in [3.05, 3.63) is 36.5 Å². The van der Waals surface area contributed by atoms with Gasteiger partial charge in [0.15, 0.2) is 11.8 Å². The van der Waals surface area contributed by atoms with Gasteiger partial charge in [-0.2, -0.15) is 22.0 Å². The highest BCUT2D eigenvalue weighted by molar-refractivity contribution is 5.59. The zero-order valence-electron chi connectivity index (χ0n) is 14.9. The molecule has 3 aromatic rings. The van der Waals surface area contributed by atoms with Crippen LogP contribution in [0.2, 0.25) is 0 Å². The molecule has 29 heavy (non-hydrogen) atoms. The molecule has 0 aromatic carbocycles. The van der Waals surface area contributed by atoms with E-state index in [1.165, 1.54) is 30.7 Å². The Morgan fingerprint density at radius 3 is 2.45 bits per heavy atom. The van der Waals surface area contributed by atoms with Gasteiger partial charge in [-0.05, 0) is 25.8 Å². The van der Waals surface area contributed by atoms with Crippen LogP contribution in [-0.4, -0.2) is 43.0 Å². The van der Waals surface area contributed by atoms with Gasteiger partial charge < -0.3 is 9.47 Å². The van der Waals surface area contributed by atoms with Crippen LogP contribution in [0.15, 0.2) is 30.7 Å². The number of rotatable bonds is 6. The minimum Gasteiger partial charge on any atom is -0.465 e. The van der Waals surface area contributed by atoms with Crippen LogP contribution >= 0.6 is 0 Å². The first-order valence-corrected chi connectivity index (χ1v) is 8.60. The molecule has 3 aromatic heterocycles. The number of halogens is 5. The van der Waals surface area contributed by atoms with Gasteiger partial charge in [-0.1, -0.05) is 0 Å². The molecule has 0 spiro atoms. The van der Waals surface area contributed by atoms with Crippen LogP contribution in [0.3, 0.4) is 0 Å². The standard InChI is InChI=1S/C17H14F5N5O2/c1-9(16(18,19)20)28-14-5-2-10(6-24-14)12-8-27-13(7-23-12)25-26-15(27)17(21,22)29-11-3-4-11/h2,5-9,11H,3-4H2,1H3/t9-/m1/s1. The molecule has 4 rings (SSSR count). The molecule has 0 unspecified atom stereocenters. The van der Waals surface area contributed by atoms with Crippen molar-refractivity contribution < 1.29 is 31.4 Å². The molecule has 0 saturated heterocycles. The van der Waals surface area contributed by atoms with Gasteiger partial charge in [0.05, 0.1) is 18.0 Å². The average Bonchev–Trinajstić information content (AvgIpc) is 3.34. The number of ether oxygens (including phenoxy) is 2. The summed E-state index contributed by atoms with van der Waals surface area (Å²) in [5.41, 5.74) is 0.711. The van der Waals surface area contributed by atoms with E-state index < -0.39 is 30.3 Å².